The summed E-state index contributed by atoms with van der Waals surface area (Å²) < 4.78 is 33.4. The van der Waals surface area contributed by atoms with Crippen LogP contribution in [-0.2, 0) is 20.6 Å². The molecule has 1 amide bonds. The topological polar surface area (TPSA) is 75.7 Å². The summed E-state index contributed by atoms with van der Waals surface area (Å²) in [7, 11) is -2.53. The SMILES string of the molecule is COc1ccccc1N(CC(=O)NCCSCc1cccc(Cl)c1)S(=O)(=O)c1ccc(C)cc1. The van der Waals surface area contributed by atoms with E-state index in [0.29, 0.717) is 28.8 Å². The van der Waals surface area contributed by atoms with E-state index in [2.05, 4.69) is 5.32 Å². The van der Waals surface area contributed by atoms with Crippen LogP contribution in [0, 0.1) is 6.92 Å². The molecule has 0 saturated carbocycles. The van der Waals surface area contributed by atoms with Crippen LogP contribution in [0.1, 0.15) is 11.1 Å². The number of ether oxygens (including phenoxy) is 1. The monoisotopic (exact) mass is 518 g/mol. The molecule has 0 aromatic heterocycles. The van der Waals surface area contributed by atoms with Crippen LogP contribution in [0.25, 0.3) is 0 Å². The third-order valence-corrected chi connectivity index (χ3v) is 8.02. The molecule has 3 rings (SSSR count). The van der Waals surface area contributed by atoms with Crippen LogP contribution in [-0.4, -0.2) is 40.3 Å². The highest BCUT2D eigenvalue weighted by Crippen LogP contribution is 2.32. The van der Waals surface area contributed by atoms with E-state index in [1.54, 1.807) is 48.2 Å². The van der Waals surface area contributed by atoms with Crippen molar-refractivity contribution < 1.29 is 17.9 Å². The first kappa shape index (κ1) is 25.9. The highest BCUT2D eigenvalue weighted by Gasteiger charge is 2.29. The quantitative estimate of drug-likeness (QED) is 0.365. The highest BCUT2D eigenvalue weighted by atomic mass is 35.5. The Kier molecular flexibility index (Phi) is 9.27. The summed E-state index contributed by atoms with van der Waals surface area (Å²) >= 11 is 7.66. The molecule has 9 heteroatoms. The number of hydrogen-bond acceptors (Lipinski definition) is 5. The van der Waals surface area contributed by atoms with Crippen LogP contribution < -0.4 is 14.4 Å². The summed E-state index contributed by atoms with van der Waals surface area (Å²) in [6.45, 7) is 1.93. The second-order valence-electron chi connectivity index (χ2n) is 7.53. The highest BCUT2D eigenvalue weighted by molar-refractivity contribution is 7.98. The molecule has 0 heterocycles. The molecule has 34 heavy (non-hydrogen) atoms. The summed E-state index contributed by atoms with van der Waals surface area (Å²) in [4.78, 5) is 12.9. The van der Waals surface area contributed by atoms with Crippen LogP contribution in [0.15, 0.2) is 77.7 Å². The molecule has 0 fully saturated rings. The maximum atomic E-state index is 13.5. The Bertz CT molecular complexity index is 1220. The number of rotatable bonds is 11. The minimum absolute atomic E-state index is 0.105. The summed E-state index contributed by atoms with van der Waals surface area (Å²) in [5.74, 6) is 1.41. The Labute approximate surface area is 210 Å². The van der Waals surface area contributed by atoms with Crippen LogP contribution in [0.4, 0.5) is 5.69 Å². The van der Waals surface area contributed by atoms with Crippen LogP contribution in [0.5, 0.6) is 5.75 Å². The van der Waals surface area contributed by atoms with E-state index in [9.17, 15) is 13.2 Å². The summed E-state index contributed by atoms with van der Waals surface area (Å²) in [5, 5.41) is 3.51. The first-order valence-corrected chi connectivity index (χ1v) is 13.6. The Morgan fingerprint density at radius 3 is 2.50 bits per heavy atom. The average molecular weight is 519 g/mol. The number of amides is 1. The van der Waals surface area contributed by atoms with Crippen molar-refractivity contribution >= 4 is 45.0 Å². The predicted molar refractivity (Wildman–Crippen MR) is 139 cm³/mol. The van der Waals surface area contributed by atoms with E-state index in [-0.39, 0.29) is 11.4 Å². The number of aryl methyl sites for hydroxylation is 1. The molecule has 6 nitrogen and oxygen atoms in total. The molecule has 0 atom stereocenters. The molecule has 3 aromatic carbocycles. The van der Waals surface area contributed by atoms with E-state index < -0.39 is 15.9 Å². The lowest BCUT2D eigenvalue weighted by atomic mass is 10.2. The number of thioether (sulfide) groups is 1. The minimum atomic E-state index is -4.00. The Balaban J connectivity index is 1.69. The molecule has 0 bridgehead atoms. The van der Waals surface area contributed by atoms with Crippen molar-refractivity contribution in [1.82, 2.24) is 5.32 Å². The molecule has 3 aromatic rings. The molecule has 0 spiro atoms. The number of nitrogens with one attached hydrogen (secondary N) is 1. The standard InChI is InChI=1S/C25H27ClN2O4S2/c1-19-10-12-22(13-11-19)34(30,31)28(23-8-3-4-9-24(23)32-2)17-25(29)27-14-15-33-18-20-6-5-7-21(26)16-20/h3-13,16H,14-15,17-18H2,1-2H3,(H,27,29). The number of carbonyl (C=O) groups is 1. The molecule has 0 radical (unpaired) electrons. The second-order valence-corrected chi connectivity index (χ2v) is 10.9. The van der Waals surface area contributed by atoms with Crippen LogP contribution >= 0.6 is 23.4 Å². The van der Waals surface area contributed by atoms with Crippen molar-refractivity contribution in [2.24, 2.45) is 0 Å². The fraction of sp³-hybridized carbons (Fsp3) is 0.240. The van der Waals surface area contributed by atoms with Gasteiger partial charge in [0.05, 0.1) is 17.7 Å². The first-order chi connectivity index (χ1) is 16.3. The van der Waals surface area contributed by atoms with Gasteiger partial charge in [0, 0.05) is 23.1 Å². The van der Waals surface area contributed by atoms with Crippen molar-refractivity contribution in [1.29, 1.82) is 0 Å². The number of anilines is 1. The molecule has 180 valence electrons. The number of nitrogens with zero attached hydrogens (tertiary/aromatic N) is 1. The number of halogens is 1. The van der Waals surface area contributed by atoms with Gasteiger partial charge in [-0.15, -0.1) is 0 Å². The third-order valence-electron chi connectivity index (χ3n) is 4.98. The van der Waals surface area contributed by atoms with Gasteiger partial charge in [-0.25, -0.2) is 8.42 Å². The van der Waals surface area contributed by atoms with Crippen LogP contribution in [0.2, 0.25) is 5.02 Å². The molecule has 0 unspecified atom stereocenters. The first-order valence-electron chi connectivity index (χ1n) is 10.6. The van der Waals surface area contributed by atoms with E-state index in [1.807, 2.05) is 31.2 Å². The normalized spacial score (nSPS) is 11.1. The zero-order valence-corrected chi connectivity index (χ0v) is 21.4. The van der Waals surface area contributed by atoms with Gasteiger partial charge in [0.1, 0.15) is 12.3 Å². The fourth-order valence-corrected chi connectivity index (χ4v) is 5.69. The zero-order chi connectivity index (χ0) is 24.6. The van der Waals surface area contributed by atoms with Gasteiger partial charge in [-0.2, -0.15) is 11.8 Å². The Morgan fingerprint density at radius 1 is 1.06 bits per heavy atom. The van der Waals surface area contributed by atoms with E-state index in [4.69, 9.17) is 16.3 Å². The summed E-state index contributed by atoms with van der Waals surface area (Å²) in [6.07, 6.45) is 0. The Morgan fingerprint density at radius 2 is 1.79 bits per heavy atom. The lowest BCUT2D eigenvalue weighted by molar-refractivity contribution is -0.119. The van der Waals surface area contributed by atoms with E-state index in [1.165, 1.54) is 19.2 Å². The molecular weight excluding hydrogens is 492 g/mol. The van der Waals surface area contributed by atoms with Crippen molar-refractivity contribution in [3.63, 3.8) is 0 Å². The third kappa shape index (κ3) is 6.91. The molecular formula is C25H27ClN2O4S2. The number of carbonyl (C=O) groups excluding carboxylic acids is 1. The van der Waals surface area contributed by atoms with Gasteiger partial charge in [0.2, 0.25) is 5.91 Å². The number of methoxy groups -OCH3 is 1. The van der Waals surface area contributed by atoms with Crippen molar-refractivity contribution in [2.45, 2.75) is 17.6 Å². The zero-order valence-electron chi connectivity index (χ0n) is 19.0. The second kappa shape index (κ2) is 12.1. The number of benzene rings is 3. The van der Waals surface area contributed by atoms with Gasteiger partial charge in [0.15, 0.2) is 0 Å². The Hall–Kier alpha value is -2.68. The van der Waals surface area contributed by atoms with Gasteiger partial charge in [-0.05, 0) is 48.9 Å². The maximum Gasteiger partial charge on any atom is 0.264 e. The molecule has 0 aliphatic carbocycles. The van der Waals surface area contributed by atoms with Gasteiger partial charge >= 0.3 is 0 Å². The summed E-state index contributed by atoms with van der Waals surface area (Å²) in [6, 6.07) is 20.9. The van der Waals surface area contributed by atoms with Crippen LogP contribution in [0.3, 0.4) is 0 Å². The van der Waals surface area contributed by atoms with Crippen molar-refractivity contribution in [3.8, 4) is 5.75 Å². The number of para-hydroxylation sites is 2. The van der Waals surface area contributed by atoms with E-state index in [0.717, 1.165) is 21.2 Å². The molecule has 0 saturated heterocycles. The minimum Gasteiger partial charge on any atom is -0.495 e. The lowest BCUT2D eigenvalue weighted by Crippen LogP contribution is -2.41. The molecule has 1 N–H and O–H groups in total. The van der Waals surface area contributed by atoms with Gasteiger partial charge in [0.25, 0.3) is 10.0 Å². The molecule has 0 aliphatic rings. The van der Waals surface area contributed by atoms with Crippen molar-refractivity contribution in [3.05, 3.63) is 88.9 Å². The predicted octanol–water partition coefficient (Wildman–Crippen LogP) is 4.90. The fourth-order valence-electron chi connectivity index (χ4n) is 3.24. The van der Waals surface area contributed by atoms with Crippen molar-refractivity contribution in [2.75, 3.05) is 30.3 Å². The number of hydrogen-bond donors (Lipinski definition) is 1. The smallest absolute Gasteiger partial charge is 0.264 e. The number of sulfonamides is 1. The van der Waals surface area contributed by atoms with Gasteiger partial charge in [-0.1, -0.05) is 53.6 Å². The van der Waals surface area contributed by atoms with Gasteiger partial charge < -0.3 is 10.1 Å². The largest absolute Gasteiger partial charge is 0.495 e. The summed E-state index contributed by atoms with van der Waals surface area (Å²) in [5.41, 5.74) is 2.35. The lowest BCUT2D eigenvalue weighted by Gasteiger charge is -2.25. The molecule has 0 aliphatic heterocycles. The maximum absolute atomic E-state index is 13.5. The van der Waals surface area contributed by atoms with E-state index >= 15 is 0 Å². The average Bonchev–Trinajstić information content (AvgIpc) is 2.82. The van der Waals surface area contributed by atoms with Gasteiger partial charge in [-0.3, -0.25) is 9.10 Å².